The molecule has 0 aromatic rings. The summed E-state index contributed by atoms with van der Waals surface area (Å²) in [4.78, 5) is 72.8. The molecule has 0 amide bonds. The minimum Gasteiger partial charge on any atom is -0.469 e. The Labute approximate surface area is 345 Å². The van der Waals surface area contributed by atoms with Gasteiger partial charge in [-0.2, -0.15) is 23.5 Å². The van der Waals surface area contributed by atoms with Gasteiger partial charge in [-0.15, -0.1) is 0 Å². The van der Waals surface area contributed by atoms with E-state index in [1.54, 1.807) is 13.8 Å². The summed E-state index contributed by atoms with van der Waals surface area (Å²) < 4.78 is 30.6. The molecule has 0 saturated heterocycles. The lowest BCUT2D eigenvalue weighted by atomic mass is 9.64. The van der Waals surface area contributed by atoms with Crippen LogP contribution < -0.4 is 11.5 Å². The third-order valence-electron chi connectivity index (χ3n) is 10.3. The van der Waals surface area contributed by atoms with Gasteiger partial charge in [-0.1, -0.05) is 41.5 Å². The molecule has 328 valence electrons. The number of rotatable bonds is 28. The summed E-state index contributed by atoms with van der Waals surface area (Å²) >= 11 is 3.03. The first kappa shape index (κ1) is 55.5. The largest absolute Gasteiger partial charge is 0.469 e. The van der Waals surface area contributed by atoms with Crippen molar-refractivity contribution in [3.8, 4) is 0 Å². The number of unbranched alkanes of at least 4 members (excludes halogenated alkanes) is 1. The normalized spacial score (nSPS) is 14.7. The maximum Gasteiger partial charge on any atom is 0.313 e. The molecule has 4 atom stereocenters. The highest BCUT2D eigenvalue weighted by Crippen LogP contribution is 2.48. The van der Waals surface area contributed by atoms with Crippen molar-refractivity contribution < 1.29 is 68.7 Å². The molecule has 0 radical (unpaired) electrons. The zero-order valence-corrected chi connectivity index (χ0v) is 38.2. The van der Waals surface area contributed by atoms with Crippen LogP contribution in [-0.2, 0) is 57.2 Å². The first-order valence-electron chi connectivity index (χ1n) is 19.7. The van der Waals surface area contributed by atoms with Gasteiger partial charge in [0.15, 0.2) is 0 Å². The van der Waals surface area contributed by atoms with E-state index >= 15 is 0 Å². The SMILES string of the molecule is CCOC(=O)C(C)CC(C)(C)C(C)(CSCCC(=O)OC)C(=O)OCCCC[NH3+].CCOC(=O)C(C)CC(C)(C)C(C)(CSCCC(=O)OC)C(=O)OCC[NH3+]. The lowest BCUT2D eigenvalue weighted by molar-refractivity contribution is -0.373. The minimum absolute atomic E-state index is 0.255. The fourth-order valence-electron chi connectivity index (χ4n) is 5.77. The van der Waals surface area contributed by atoms with Gasteiger partial charge in [-0.05, 0) is 64.2 Å². The standard InChI is InChI=1S/C21H39NO6S.C19H35NO6S/c1-7-27-18(24)16(2)14-20(3,4)21(5,15-29-13-10-17(23)26-6)19(25)28-12-9-8-11-22;1-7-25-16(22)14(2)12-18(3,4)19(5,17(23)26-10-9-20)13-27-11-8-15(21)24-6/h16H,7-15,22H2,1-6H3;14H,7-13,20H2,1-6H3/p+2. The zero-order chi connectivity index (χ0) is 43.6. The van der Waals surface area contributed by atoms with Crippen molar-refractivity contribution in [2.45, 2.75) is 108 Å². The fraction of sp³-hybridized carbons (Fsp3) is 0.850. The highest BCUT2D eigenvalue weighted by Gasteiger charge is 2.50. The van der Waals surface area contributed by atoms with Crippen LogP contribution in [0.1, 0.15) is 108 Å². The molecule has 0 rings (SSSR count). The highest BCUT2D eigenvalue weighted by molar-refractivity contribution is 7.99. The van der Waals surface area contributed by atoms with Crippen molar-refractivity contribution in [2.75, 3.05) is 76.7 Å². The van der Waals surface area contributed by atoms with Gasteiger partial charge in [0.25, 0.3) is 0 Å². The van der Waals surface area contributed by atoms with Crippen LogP contribution in [0, 0.1) is 33.5 Å². The van der Waals surface area contributed by atoms with Gasteiger partial charge in [0.2, 0.25) is 0 Å². The van der Waals surface area contributed by atoms with Crippen LogP contribution in [0.25, 0.3) is 0 Å². The molecular weight excluding hydrogens is 765 g/mol. The Kier molecular flexibility index (Phi) is 28.5. The summed E-state index contributed by atoms with van der Waals surface area (Å²) in [5.41, 5.74) is 4.82. The van der Waals surface area contributed by atoms with Crippen LogP contribution in [0.4, 0.5) is 0 Å². The minimum atomic E-state index is -0.830. The van der Waals surface area contributed by atoms with Crippen molar-refractivity contribution in [1.29, 1.82) is 0 Å². The zero-order valence-electron chi connectivity index (χ0n) is 36.6. The number of carbonyl (C=O) groups is 6. The van der Waals surface area contributed by atoms with Gasteiger partial charge in [0.05, 0.1) is 76.1 Å². The molecule has 0 aliphatic heterocycles. The predicted octanol–water partition coefficient (Wildman–Crippen LogP) is 4.16. The van der Waals surface area contributed by atoms with Gasteiger partial charge < -0.3 is 39.9 Å². The summed E-state index contributed by atoms with van der Waals surface area (Å²) in [5, 5.41) is 0. The molecule has 14 nitrogen and oxygen atoms in total. The molecule has 0 aromatic heterocycles. The Bertz CT molecular complexity index is 1200. The average Bonchev–Trinajstić information content (AvgIpc) is 3.14. The van der Waals surface area contributed by atoms with Crippen molar-refractivity contribution >= 4 is 59.3 Å². The van der Waals surface area contributed by atoms with Gasteiger partial charge in [-0.3, -0.25) is 28.8 Å². The van der Waals surface area contributed by atoms with E-state index in [-0.39, 0.29) is 67.1 Å². The van der Waals surface area contributed by atoms with E-state index in [1.165, 1.54) is 37.7 Å². The maximum atomic E-state index is 13.1. The first-order valence-corrected chi connectivity index (χ1v) is 22.0. The predicted molar refractivity (Wildman–Crippen MR) is 219 cm³/mol. The third-order valence-corrected chi connectivity index (χ3v) is 12.8. The quantitative estimate of drug-likeness (QED) is 0.0644. The monoisotopic (exact) mass is 840 g/mol. The van der Waals surface area contributed by atoms with E-state index < -0.39 is 21.7 Å². The van der Waals surface area contributed by atoms with Crippen molar-refractivity contribution in [1.82, 2.24) is 0 Å². The van der Waals surface area contributed by atoms with Crippen molar-refractivity contribution in [3.63, 3.8) is 0 Å². The second kappa shape index (κ2) is 28.8. The lowest BCUT2D eigenvalue weighted by Gasteiger charge is -2.43. The number of esters is 6. The van der Waals surface area contributed by atoms with Gasteiger partial charge in [0.1, 0.15) is 13.2 Å². The van der Waals surface area contributed by atoms with E-state index in [9.17, 15) is 28.8 Å². The number of thioether (sulfide) groups is 2. The Morgan fingerprint density at radius 2 is 0.946 bits per heavy atom. The van der Waals surface area contributed by atoms with E-state index in [4.69, 9.17) is 18.9 Å². The Hall–Kier alpha value is -2.56. The molecule has 4 unspecified atom stereocenters. The number of quaternary nitrogens is 2. The summed E-state index contributed by atoms with van der Waals surface area (Å²) in [6, 6.07) is 0. The third kappa shape index (κ3) is 19.7. The van der Waals surface area contributed by atoms with E-state index in [0.717, 1.165) is 19.4 Å². The topological polar surface area (TPSA) is 213 Å². The number of hydrogen-bond acceptors (Lipinski definition) is 14. The molecule has 0 aliphatic rings. The smallest absolute Gasteiger partial charge is 0.313 e. The Morgan fingerprint density at radius 1 is 0.571 bits per heavy atom. The Morgan fingerprint density at radius 3 is 1.27 bits per heavy atom. The molecule has 0 heterocycles. The molecular formula is C40H76N2O12S2+2. The number of hydrogen-bond donors (Lipinski definition) is 2. The summed E-state index contributed by atoms with van der Waals surface area (Å²) in [5.74, 6) is -0.251. The molecule has 6 N–H and O–H groups in total. The van der Waals surface area contributed by atoms with Gasteiger partial charge in [0, 0.05) is 23.0 Å². The summed E-state index contributed by atoms with van der Waals surface area (Å²) in [7, 11) is 2.72. The molecule has 56 heavy (non-hydrogen) atoms. The molecule has 0 spiro atoms. The van der Waals surface area contributed by atoms with Gasteiger partial charge >= 0.3 is 35.8 Å². The molecule has 0 saturated carbocycles. The van der Waals surface area contributed by atoms with Crippen LogP contribution in [0.5, 0.6) is 0 Å². The second-order valence-corrected chi connectivity index (χ2v) is 17.8. The van der Waals surface area contributed by atoms with E-state index in [0.29, 0.717) is 62.2 Å². The first-order chi connectivity index (χ1) is 26.1. The number of ether oxygens (including phenoxy) is 6. The van der Waals surface area contributed by atoms with Crippen LogP contribution in [0.2, 0.25) is 0 Å². The molecule has 0 bridgehead atoms. The molecule has 0 fully saturated rings. The van der Waals surface area contributed by atoms with Crippen LogP contribution >= 0.6 is 23.5 Å². The second-order valence-electron chi connectivity index (χ2n) is 15.6. The molecule has 0 aliphatic carbocycles. The average molecular weight is 841 g/mol. The van der Waals surface area contributed by atoms with Crippen LogP contribution in [-0.4, -0.2) is 113 Å². The molecule has 0 aromatic carbocycles. The van der Waals surface area contributed by atoms with E-state index in [2.05, 4.69) is 20.9 Å². The van der Waals surface area contributed by atoms with Crippen LogP contribution in [0.15, 0.2) is 0 Å². The van der Waals surface area contributed by atoms with Gasteiger partial charge in [-0.25, -0.2) is 0 Å². The number of methoxy groups -OCH3 is 2. The lowest BCUT2D eigenvalue weighted by Crippen LogP contribution is -2.54. The molecule has 16 heteroatoms. The fourth-order valence-corrected chi connectivity index (χ4v) is 8.52. The van der Waals surface area contributed by atoms with Crippen LogP contribution in [0.3, 0.4) is 0 Å². The Balaban J connectivity index is 0. The maximum absolute atomic E-state index is 13.1. The highest BCUT2D eigenvalue weighted by atomic mass is 32.2. The van der Waals surface area contributed by atoms with E-state index in [1.807, 2.05) is 55.4 Å². The summed E-state index contributed by atoms with van der Waals surface area (Å²) in [6.45, 7) is 21.4. The van der Waals surface area contributed by atoms with Crippen molar-refractivity contribution in [3.05, 3.63) is 0 Å². The summed E-state index contributed by atoms with van der Waals surface area (Å²) in [6.07, 6.45) is 3.23. The van der Waals surface area contributed by atoms with Crippen molar-refractivity contribution in [2.24, 2.45) is 33.5 Å². The number of carbonyl (C=O) groups excluding carboxylic acids is 6.